The molecule has 2 aromatic heterocycles. The van der Waals surface area contributed by atoms with E-state index in [-0.39, 0.29) is 11.5 Å². The van der Waals surface area contributed by atoms with E-state index in [1.807, 2.05) is 0 Å². The highest BCUT2D eigenvalue weighted by atomic mass is 35.5. The largest absolute Gasteiger partial charge is 0.472 e. The Morgan fingerprint density at radius 2 is 1.97 bits per heavy atom. The first kappa shape index (κ1) is 22.9. The quantitative estimate of drug-likeness (QED) is 0.395. The van der Waals surface area contributed by atoms with Gasteiger partial charge in [-0.1, -0.05) is 28.9 Å². The Bertz CT molecular complexity index is 1170. The Labute approximate surface area is 182 Å². The van der Waals surface area contributed by atoms with E-state index >= 15 is 0 Å². The highest BCUT2D eigenvalue weighted by Crippen LogP contribution is 2.36. The number of alkyl halides is 3. The lowest BCUT2D eigenvalue weighted by Gasteiger charge is -2.12. The van der Waals surface area contributed by atoms with Crippen molar-refractivity contribution < 1.29 is 31.7 Å². The number of nitrogens with one attached hydrogen (secondary N) is 3. The van der Waals surface area contributed by atoms with Gasteiger partial charge in [-0.2, -0.15) is 18.2 Å². The van der Waals surface area contributed by atoms with Crippen LogP contribution in [0.15, 0.2) is 35.0 Å². The van der Waals surface area contributed by atoms with E-state index in [0.29, 0.717) is 27.6 Å². The Hall–Kier alpha value is -3.74. The van der Waals surface area contributed by atoms with Gasteiger partial charge in [-0.05, 0) is 17.7 Å². The van der Waals surface area contributed by atoms with E-state index in [0.717, 1.165) is 11.5 Å². The molecule has 3 aromatic rings. The molecule has 1 aromatic carbocycles. The summed E-state index contributed by atoms with van der Waals surface area (Å²) in [6.45, 7) is 1.13. The van der Waals surface area contributed by atoms with E-state index in [1.165, 1.54) is 11.6 Å². The molecule has 14 heteroatoms. The molecule has 0 fully saturated rings. The van der Waals surface area contributed by atoms with Crippen LogP contribution in [0.1, 0.15) is 11.6 Å². The minimum Gasteiger partial charge on any atom is -0.339 e. The second-order valence-electron chi connectivity index (χ2n) is 6.21. The number of benzene rings is 1. The number of hydrogen-bond acceptors (Lipinski definition) is 6. The molecule has 3 N–H and O–H groups in total. The fraction of sp³-hybridized carbons (Fsp3) is 0.167. The van der Waals surface area contributed by atoms with Gasteiger partial charge in [-0.15, -0.1) is 0 Å². The first-order chi connectivity index (χ1) is 15.1. The number of pyridine rings is 1. The number of halogens is 5. The second kappa shape index (κ2) is 9.18. The van der Waals surface area contributed by atoms with Crippen LogP contribution >= 0.6 is 11.6 Å². The van der Waals surface area contributed by atoms with E-state index < -0.39 is 30.5 Å². The van der Waals surface area contributed by atoms with Crippen LogP contribution in [0.2, 0.25) is 5.02 Å². The van der Waals surface area contributed by atoms with Crippen molar-refractivity contribution in [2.75, 3.05) is 0 Å². The van der Waals surface area contributed by atoms with Gasteiger partial charge in [0.15, 0.2) is 0 Å². The van der Waals surface area contributed by atoms with Crippen LogP contribution in [0.25, 0.3) is 22.5 Å². The number of rotatable bonds is 4. The normalized spacial score (nSPS) is 11.2. The zero-order valence-electron chi connectivity index (χ0n) is 16.1. The van der Waals surface area contributed by atoms with Gasteiger partial charge < -0.3 is 9.84 Å². The van der Waals surface area contributed by atoms with Gasteiger partial charge in [0, 0.05) is 24.2 Å². The van der Waals surface area contributed by atoms with Crippen LogP contribution in [0.3, 0.4) is 0 Å². The molecule has 0 spiro atoms. The number of amides is 3. The van der Waals surface area contributed by atoms with Gasteiger partial charge in [0.25, 0.3) is 0 Å². The molecule has 168 valence electrons. The molecule has 9 nitrogen and oxygen atoms in total. The number of nitrogens with zero attached hydrogens (tertiary/aromatic N) is 3. The number of hydrogen-bond donors (Lipinski definition) is 3. The van der Waals surface area contributed by atoms with Crippen molar-refractivity contribution in [2.45, 2.75) is 19.6 Å². The Morgan fingerprint density at radius 1 is 1.22 bits per heavy atom. The summed E-state index contributed by atoms with van der Waals surface area (Å²) in [4.78, 5) is 30.2. The van der Waals surface area contributed by atoms with Crippen LogP contribution in [0.5, 0.6) is 0 Å². The number of aryl methyl sites for hydroxylation is 1. The first-order valence-corrected chi connectivity index (χ1v) is 9.09. The van der Waals surface area contributed by atoms with Crippen LogP contribution in [-0.4, -0.2) is 33.2 Å². The summed E-state index contributed by atoms with van der Waals surface area (Å²) in [6, 6.07) is 4.83. The van der Waals surface area contributed by atoms with Crippen molar-refractivity contribution >= 4 is 23.5 Å². The summed E-state index contributed by atoms with van der Waals surface area (Å²) in [5.41, 5.74) is 3.65. The fourth-order valence-electron chi connectivity index (χ4n) is 2.53. The fourth-order valence-corrected chi connectivity index (χ4v) is 2.79. The van der Waals surface area contributed by atoms with Crippen molar-refractivity contribution in [2.24, 2.45) is 0 Å². The molecule has 3 rings (SSSR count). The maximum Gasteiger partial charge on any atom is 0.472 e. The van der Waals surface area contributed by atoms with Crippen LogP contribution in [0.4, 0.5) is 22.4 Å². The predicted molar refractivity (Wildman–Crippen MR) is 102 cm³/mol. The summed E-state index contributed by atoms with van der Waals surface area (Å²) in [5, 5.41) is 6.19. The molecular formula is C18H13ClF4N6O3. The van der Waals surface area contributed by atoms with Crippen LogP contribution in [-0.2, 0) is 11.3 Å². The summed E-state index contributed by atoms with van der Waals surface area (Å²) in [5.74, 6) is -2.67. The number of carbonyl (C=O) groups is 2. The predicted octanol–water partition coefficient (Wildman–Crippen LogP) is 3.29. The lowest BCUT2D eigenvalue weighted by molar-refractivity contribution is -0.174. The number of carbonyl (C=O) groups excluding carboxylic acids is 2. The molecule has 3 amide bonds. The minimum atomic E-state index is -5.17. The van der Waals surface area contributed by atoms with Crippen LogP contribution < -0.4 is 16.2 Å². The Kier molecular flexibility index (Phi) is 6.58. The number of aromatic nitrogens is 3. The van der Waals surface area contributed by atoms with E-state index in [1.54, 1.807) is 25.1 Å². The van der Waals surface area contributed by atoms with Crippen molar-refractivity contribution in [1.82, 2.24) is 31.3 Å². The van der Waals surface area contributed by atoms with Crippen molar-refractivity contribution in [3.63, 3.8) is 0 Å². The summed E-state index contributed by atoms with van der Waals surface area (Å²) in [7, 11) is 0. The topological polar surface area (TPSA) is 122 Å². The first-order valence-electron chi connectivity index (χ1n) is 8.71. The molecule has 32 heavy (non-hydrogen) atoms. The van der Waals surface area contributed by atoms with Gasteiger partial charge in [-0.25, -0.2) is 14.6 Å². The maximum atomic E-state index is 14.6. The molecule has 0 bridgehead atoms. The summed E-state index contributed by atoms with van der Waals surface area (Å²) < 4.78 is 55.8. The van der Waals surface area contributed by atoms with Crippen molar-refractivity contribution in [3.8, 4) is 22.5 Å². The average Bonchev–Trinajstić information content (AvgIpc) is 3.15. The van der Waals surface area contributed by atoms with Gasteiger partial charge in [0.2, 0.25) is 11.7 Å². The third-order valence-corrected chi connectivity index (χ3v) is 4.27. The smallest absolute Gasteiger partial charge is 0.339 e. The molecule has 0 atom stereocenters. The van der Waals surface area contributed by atoms with E-state index in [9.17, 15) is 27.2 Å². The molecule has 2 heterocycles. The molecule has 0 aliphatic heterocycles. The van der Waals surface area contributed by atoms with Crippen molar-refractivity contribution in [3.05, 3.63) is 52.9 Å². The van der Waals surface area contributed by atoms with Crippen molar-refractivity contribution in [1.29, 1.82) is 0 Å². The van der Waals surface area contributed by atoms with Gasteiger partial charge in [0.05, 0.1) is 17.3 Å². The zero-order chi connectivity index (χ0) is 23.5. The molecule has 0 aliphatic rings. The highest BCUT2D eigenvalue weighted by Gasteiger charge is 2.38. The molecule has 0 unspecified atom stereocenters. The third-order valence-electron chi connectivity index (χ3n) is 3.96. The molecule has 0 saturated heterocycles. The Balaban J connectivity index is 1.74. The van der Waals surface area contributed by atoms with E-state index in [4.69, 9.17) is 16.1 Å². The molecular weight excluding hydrogens is 460 g/mol. The maximum absolute atomic E-state index is 14.6. The third kappa shape index (κ3) is 5.29. The summed E-state index contributed by atoms with van der Waals surface area (Å²) in [6.07, 6.45) is -3.86. The van der Waals surface area contributed by atoms with Gasteiger partial charge >= 0.3 is 18.1 Å². The summed E-state index contributed by atoms with van der Waals surface area (Å²) >= 11 is 6.27. The number of hydrazine groups is 1. The van der Waals surface area contributed by atoms with Gasteiger partial charge in [-0.3, -0.25) is 15.2 Å². The Morgan fingerprint density at radius 3 is 2.59 bits per heavy atom. The van der Waals surface area contributed by atoms with Gasteiger partial charge in [0.1, 0.15) is 5.82 Å². The molecule has 0 radical (unpaired) electrons. The highest BCUT2D eigenvalue weighted by molar-refractivity contribution is 6.33. The zero-order valence-corrected chi connectivity index (χ0v) is 16.8. The second-order valence-corrected chi connectivity index (χ2v) is 6.62. The average molecular weight is 473 g/mol. The lowest BCUT2D eigenvalue weighted by Crippen LogP contribution is -2.51. The number of urea groups is 1. The lowest BCUT2D eigenvalue weighted by atomic mass is 10.00. The standard InChI is InChI=1S/C18H13ClF4N6O3/c1-8-26-15(29-32-8)14-10(3-2-4-11(14)19)9-5-12(20)13(24-6-9)7-25-17(31)28-27-16(30)18(21,22)23/h2-6H,7H2,1H3,(H,27,30)(H2,25,28,31). The molecule has 0 aliphatic carbocycles. The van der Waals surface area contributed by atoms with Crippen LogP contribution in [0, 0.1) is 12.7 Å². The van der Waals surface area contributed by atoms with E-state index in [2.05, 4.69) is 20.4 Å². The SMILES string of the molecule is Cc1nc(-c2c(Cl)cccc2-c2cnc(CNC(=O)NNC(=O)C(F)(F)F)c(F)c2)no1. The monoisotopic (exact) mass is 472 g/mol. The minimum absolute atomic E-state index is 0.201. The molecule has 0 saturated carbocycles.